The molecule has 0 radical (unpaired) electrons. The SMILES string of the molecule is O=c1oc2ccccc2oc(=O)c2ccccc2c2c3ccccc3c(c3ccccc13)c1ccccc12. The molecule has 38 heavy (non-hydrogen) atoms. The Kier molecular flexibility index (Phi) is 5.05. The van der Waals surface area contributed by atoms with Gasteiger partial charge in [0, 0.05) is 0 Å². The summed E-state index contributed by atoms with van der Waals surface area (Å²) in [6.07, 6.45) is 0. The van der Waals surface area contributed by atoms with Gasteiger partial charge in [0.1, 0.15) is 0 Å². The first kappa shape index (κ1) is 22.0. The molecule has 180 valence electrons. The van der Waals surface area contributed by atoms with Gasteiger partial charge in [0.25, 0.3) is 0 Å². The molecule has 0 aliphatic rings. The Morgan fingerprint density at radius 2 is 0.553 bits per heavy atom. The van der Waals surface area contributed by atoms with Crippen molar-refractivity contribution >= 4 is 65.0 Å². The van der Waals surface area contributed by atoms with Crippen molar-refractivity contribution < 1.29 is 8.83 Å². The largest absolute Gasteiger partial charge is 0.419 e. The molecular weight excluding hydrogens is 472 g/mol. The molecule has 0 spiro atoms. The molecule has 2 aromatic heterocycles. The number of hydrogen-bond acceptors (Lipinski definition) is 4. The average Bonchev–Trinajstić information content (AvgIpc) is 2.96. The van der Waals surface area contributed by atoms with Crippen LogP contribution in [0.1, 0.15) is 0 Å². The zero-order valence-electron chi connectivity index (χ0n) is 20.2. The van der Waals surface area contributed by atoms with Crippen molar-refractivity contribution in [3.05, 3.63) is 142 Å². The third-order valence-corrected chi connectivity index (χ3v) is 7.02. The van der Waals surface area contributed by atoms with E-state index in [0.29, 0.717) is 10.8 Å². The van der Waals surface area contributed by atoms with Gasteiger partial charge in [-0.3, -0.25) is 0 Å². The lowest BCUT2D eigenvalue weighted by Gasteiger charge is -2.12. The van der Waals surface area contributed by atoms with Crippen LogP contribution in [0.2, 0.25) is 0 Å². The summed E-state index contributed by atoms with van der Waals surface area (Å²) >= 11 is 0. The molecule has 0 fully saturated rings. The van der Waals surface area contributed by atoms with E-state index in [1.807, 2.05) is 60.7 Å². The van der Waals surface area contributed by atoms with E-state index >= 15 is 0 Å². The van der Waals surface area contributed by atoms with Crippen LogP contribution in [0.5, 0.6) is 0 Å². The second kappa shape index (κ2) is 8.71. The van der Waals surface area contributed by atoms with Gasteiger partial charge < -0.3 is 8.83 Å². The average molecular weight is 493 g/mol. The Morgan fingerprint density at radius 3 is 0.868 bits per heavy atom. The van der Waals surface area contributed by atoms with Crippen LogP contribution < -0.4 is 11.3 Å². The first-order valence-corrected chi connectivity index (χ1v) is 12.4. The van der Waals surface area contributed by atoms with Crippen molar-refractivity contribution in [2.45, 2.75) is 0 Å². The van der Waals surface area contributed by atoms with Crippen LogP contribution >= 0.6 is 0 Å². The third-order valence-electron chi connectivity index (χ3n) is 7.02. The number of hydrogen-bond donors (Lipinski definition) is 0. The number of para-hydroxylation sites is 2. The Labute approximate surface area is 216 Å². The first-order chi connectivity index (χ1) is 18.7. The molecule has 0 unspecified atom stereocenters. The lowest BCUT2D eigenvalue weighted by atomic mass is 9.91. The van der Waals surface area contributed by atoms with Gasteiger partial charge >= 0.3 is 11.3 Å². The number of benzene rings is 6. The van der Waals surface area contributed by atoms with Gasteiger partial charge in [-0.2, -0.15) is 0 Å². The molecule has 4 heteroatoms. The van der Waals surface area contributed by atoms with Gasteiger partial charge in [-0.25, -0.2) is 9.59 Å². The maximum atomic E-state index is 13.6. The molecule has 4 nitrogen and oxygen atoms in total. The first-order valence-electron chi connectivity index (χ1n) is 12.4. The van der Waals surface area contributed by atoms with Gasteiger partial charge in [0.2, 0.25) is 0 Å². The van der Waals surface area contributed by atoms with Gasteiger partial charge in [-0.05, 0) is 67.4 Å². The molecule has 0 atom stereocenters. The maximum Gasteiger partial charge on any atom is 0.344 e. The minimum absolute atomic E-state index is 0.179. The zero-order chi connectivity index (χ0) is 25.6. The van der Waals surface area contributed by atoms with Crippen LogP contribution in [-0.2, 0) is 0 Å². The lowest BCUT2D eigenvalue weighted by molar-refractivity contribution is 0.534. The topological polar surface area (TPSA) is 60.4 Å². The van der Waals surface area contributed by atoms with Crippen molar-refractivity contribution in [1.29, 1.82) is 0 Å². The minimum atomic E-state index is -0.529. The quantitative estimate of drug-likeness (QED) is 0.200. The fraction of sp³-hybridized carbons (Fsp3) is 0. The molecule has 0 saturated carbocycles. The van der Waals surface area contributed by atoms with E-state index in [1.165, 1.54) is 0 Å². The van der Waals surface area contributed by atoms with Crippen LogP contribution in [0, 0.1) is 0 Å². The lowest BCUT2D eigenvalue weighted by Crippen LogP contribution is -1.99. The minimum Gasteiger partial charge on any atom is -0.419 e. The molecule has 8 aromatic rings. The van der Waals surface area contributed by atoms with E-state index in [9.17, 15) is 9.59 Å². The van der Waals surface area contributed by atoms with Gasteiger partial charge in [-0.15, -0.1) is 0 Å². The zero-order valence-corrected chi connectivity index (χ0v) is 20.2. The van der Waals surface area contributed by atoms with Crippen molar-refractivity contribution in [1.82, 2.24) is 0 Å². The highest BCUT2D eigenvalue weighted by molar-refractivity contribution is 6.34. The fourth-order valence-electron chi connectivity index (χ4n) is 5.40. The molecule has 2 bridgehead atoms. The molecule has 0 aliphatic heterocycles. The standard InChI is InChI=1S/C34H20O4/c35-33-27-17-7-5-15-25(27)31-21-11-1-2-12-22(21)32(24-14-4-3-13-23(24)31)26-16-6-8-18-28(26)34(36)38-30-20-10-9-19-29(30)37-33/h1-20H. The Morgan fingerprint density at radius 1 is 0.316 bits per heavy atom. The van der Waals surface area contributed by atoms with Crippen LogP contribution in [0.15, 0.2) is 140 Å². The van der Waals surface area contributed by atoms with Crippen LogP contribution in [0.4, 0.5) is 0 Å². The summed E-state index contributed by atoms with van der Waals surface area (Å²) in [5, 5.41) is 8.18. The van der Waals surface area contributed by atoms with Gasteiger partial charge in [0.15, 0.2) is 11.2 Å². The summed E-state index contributed by atoms with van der Waals surface area (Å²) in [4.78, 5) is 27.3. The Balaban J connectivity index is 1.98. The maximum absolute atomic E-state index is 13.6. The smallest absolute Gasteiger partial charge is 0.344 e. The molecule has 0 N–H and O–H groups in total. The highest BCUT2D eigenvalue weighted by atomic mass is 16.4. The fourth-order valence-corrected chi connectivity index (χ4v) is 5.40. The van der Waals surface area contributed by atoms with E-state index in [-0.39, 0.29) is 11.2 Å². The molecule has 0 saturated heterocycles. The normalized spacial score (nSPS) is 11.4. The predicted molar refractivity (Wildman–Crippen MR) is 155 cm³/mol. The van der Waals surface area contributed by atoms with E-state index in [0.717, 1.165) is 43.1 Å². The van der Waals surface area contributed by atoms with Crippen molar-refractivity contribution in [3.63, 3.8) is 0 Å². The molecule has 0 amide bonds. The van der Waals surface area contributed by atoms with Crippen LogP contribution in [0.3, 0.4) is 0 Å². The summed E-state index contributed by atoms with van der Waals surface area (Å²) < 4.78 is 11.7. The van der Waals surface area contributed by atoms with E-state index in [2.05, 4.69) is 24.3 Å². The highest BCUT2D eigenvalue weighted by Gasteiger charge is 2.13. The van der Waals surface area contributed by atoms with E-state index in [4.69, 9.17) is 8.83 Å². The van der Waals surface area contributed by atoms with Crippen molar-refractivity contribution in [2.75, 3.05) is 0 Å². The summed E-state index contributed by atoms with van der Waals surface area (Å²) in [6, 6.07) is 37.9. The van der Waals surface area contributed by atoms with Gasteiger partial charge in [0.05, 0.1) is 10.8 Å². The summed E-state index contributed by atoms with van der Waals surface area (Å²) in [6.45, 7) is 0. The number of rotatable bonds is 0. The van der Waals surface area contributed by atoms with E-state index < -0.39 is 11.3 Å². The van der Waals surface area contributed by atoms with Crippen molar-refractivity contribution in [3.8, 4) is 0 Å². The molecular formula is C34H20O4. The summed E-state index contributed by atoms with van der Waals surface area (Å²) in [5.41, 5.74) is -0.699. The second-order valence-corrected chi connectivity index (χ2v) is 9.16. The second-order valence-electron chi connectivity index (χ2n) is 9.16. The Bertz CT molecular complexity index is 2070. The summed E-state index contributed by atoms with van der Waals surface area (Å²) in [5.74, 6) is 0. The predicted octanol–water partition coefficient (Wildman–Crippen LogP) is 8.20. The number of fused-ring (bicyclic) bond motifs is 2. The summed E-state index contributed by atoms with van der Waals surface area (Å²) in [7, 11) is 0. The van der Waals surface area contributed by atoms with Crippen LogP contribution in [0.25, 0.3) is 65.0 Å². The molecule has 0 aliphatic carbocycles. The molecule has 8 rings (SSSR count). The Hall–Kier alpha value is -5.22. The van der Waals surface area contributed by atoms with Crippen molar-refractivity contribution in [2.24, 2.45) is 0 Å². The third kappa shape index (κ3) is 3.39. The molecule has 2 heterocycles. The monoisotopic (exact) mass is 492 g/mol. The van der Waals surface area contributed by atoms with Crippen LogP contribution in [-0.4, -0.2) is 0 Å². The highest BCUT2D eigenvalue weighted by Crippen LogP contribution is 2.39. The van der Waals surface area contributed by atoms with E-state index in [1.54, 1.807) is 36.4 Å². The van der Waals surface area contributed by atoms with Gasteiger partial charge in [-0.1, -0.05) is 97.1 Å². The molecule has 6 aromatic carbocycles.